The molecule has 216 valence electrons. The zero-order chi connectivity index (χ0) is 29.1. The van der Waals surface area contributed by atoms with E-state index < -0.39 is 24.3 Å². The van der Waals surface area contributed by atoms with Crippen LogP contribution in [-0.2, 0) is 30.5 Å². The number of nitrogens with zero attached hydrogens (tertiary/aromatic N) is 3. The smallest absolute Gasteiger partial charge is 0.475 e. The summed E-state index contributed by atoms with van der Waals surface area (Å²) in [4.78, 5) is 38.3. The van der Waals surface area contributed by atoms with E-state index in [-0.39, 0.29) is 17.6 Å². The fourth-order valence-electron chi connectivity index (χ4n) is 3.56. The van der Waals surface area contributed by atoms with Crippen molar-refractivity contribution in [1.29, 1.82) is 0 Å². The first-order chi connectivity index (χ1) is 17.4. The van der Waals surface area contributed by atoms with E-state index in [0.29, 0.717) is 26.3 Å². The first-order valence-electron chi connectivity index (χ1n) is 11.1. The molecule has 2 aliphatic heterocycles. The fourth-order valence-corrected chi connectivity index (χ4v) is 3.56. The molecule has 1 aromatic rings. The van der Waals surface area contributed by atoms with Crippen LogP contribution in [0.4, 0.5) is 26.3 Å². The van der Waals surface area contributed by atoms with Gasteiger partial charge in [0.15, 0.2) is 0 Å². The lowest BCUT2D eigenvalue weighted by Crippen LogP contribution is -2.52. The summed E-state index contributed by atoms with van der Waals surface area (Å²) in [5.41, 5.74) is 0.708. The summed E-state index contributed by atoms with van der Waals surface area (Å²) in [6.07, 6.45) is -5.46. The van der Waals surface area contributed by atoms with Crippen LogP contribution in [0.25, 0.3) is 0 Å². The third-order valence-corrected chi connectivity index (χ3v) is 5.20. The zero-order valence-corrected chi connectivity index (χ0v) is 20.6. The molecule has 0 radical (unpaired) electrons. The average molecular weight is 561 g/mol. The first-order valence-corrected chi connectivity index (χ1v) is 11.1. The Kier molecular flexibility index (Phi) is 12.4. The van der Waals surface area contributed by atoms with Crippen molar-refractivity contribution in [2.75, 3.05) is 40.3 Å². The van der Waals surface area contributed by atoms with Crippen LogP contribution in [0.3, 0.4) is 0 Å². The minimum atomic E-state index is -5.08. The molecule has 2 fully saturated rings. The number of amides is 1. The highest BCUT2D eigenvalue weighted by Crippen LogP contribution is 2.36. The molecule has 2 atom stereocenters. The average Bonchev–Trinajstić information content (AvgIpc) is 3.19. The topological polar surface area (TPSA) is 130 Å². The summed E-state index contributed by atoms with van der Waals surface area (Å²) in [7, 11) is 3.84. The Bertz CT molecular complexity index is 891. The van der Waals surface area contributed by atoms with E-state index >= 15 is 0 Å². The van der Waals surface area contributed by atoms with Crippen LogP contribution in [0.15, 0.2) is 24.4 Å². The summed E-state index contributed by atoms with van der Waals surface area (Å²) in [5.74, 6) is -5.33. The first kappa shape index (κ1) is 33.0. The number of pyridine rings is 1. The molecule has 38 heavy (non-hydrogen) atoms. The highest BCUT2D eigenvalue weighted by Gasteiger charge is 2.45. The maximum Gasteiger partial charge on any atom is 0.490 e. The van der Waals surface area contributed by atoms with Crippen LogP contribution in [0.1, 0.15) is 25.0 Å². The predicted molar refractivity (Wildman–Crippen MR) is 118 cm³/mol. The number of piperidine rings is 1. The summed E-state index contributed by atoms with van der Waals surface area (Å²) >= 11 is 0. The van der Waals surface area contributed by atoms with Gasteiger partial charge < -0.3 is 29.5 Å². The Labute approximate surface area is 214 Å². The Morgan fingerprint density at radius 2 is 1.71 bits per heavy atom. The summed E-state index contributed by atoms with van der Waals surface area (Å²) < 4.78 is 75.6. The second-order valence-corrected chi connectivity index (χ2v) is 8.71. The van der Waals surface area contributed by atoms with Gasteiger partial charge in [0.2, 0.25) is 5.91 Å². The molecule has 10 nitrogen and oxygen atoms in total. The lowest BCUT2D eigenvalue weighted by Gasteiger charge is -2.40. The van der Waals surface area contributed by atoms with E-state index in [0.717, 1.165) is 31.5 Å². The number of carboxylic acid groups (broad SMARTS) is 2. The summed E-state index contributed by atoms with van der Waals surface area (Å²) in [6.45, 7) is 3.08. The molecule has 0 bridgehead atoms. The molecule has 16 heteroatoms. The number of likely N-dealkylation sites (tertiary alicyclic amines) is 1. The molecule has 1 amide bonds. The Hall–Kier alpha value is -2.98. The number of rotatable bonds is 5. The largest absolute Gasteiger partial charge is 0.490 e. The van der Waals surface area contributed by atoms with E-state index in [2.05, 4.69) is 4.98 Å². The number of aliphatic carboxylic acids is 2. The van der Waals surface area contributed by atoms with Gasteiger partial charge in [0.05, 0.1) is 37.2 Å². The highest BCUT2D eigenvalue weighted by atomic mass is 19.4. The number of carbonyl (C=O) groups is 3. The molecule has 2 aliphatic rings. The molecule has 2 N–H and O–H groups in total. The maximum absolute atomic E-state index is 12.3. The van der Waals surface area contributed by atoms with Gasteiger partial charge in [-0.15, -0.1) is 0 Å². The lowest BCUT2D eigenvalue weighted by molar-refractivity contribution is -0.193. The van der Waals surface area contributed by atoms with E-state index in [1.165, 1.54) is 0 Å². The molecule has 2 saturated heterocycles. The maximum atomic E-state index is 12.3. The van der Waals surface area contributed by atoms with Crippen molar-refractivity contribution in [3.63, 3.8) is 0 Å². The van der Waals surface area contributed by atoms with Gasteiger partial charge in [-0.2, -0.15) is 26.3 Å². The molecule has 0 aromatic carbocycles. The van der Waals surface area contributed by atoms with Gasteiger partial charge >= 0.3 is 24.3 Å². The van der Waals surface area contributed by atoms with Crippen LogP contribution in [0.2, 0.25) is 0 Å². The fraction of sp³-hybridized carbons (Fsp3) is 0.636. The van der Waals surface area contributed by atoms with Gasteiger partial charge in [-0.05, 0) is 39.1 Å². The van der Waals surface area contributed by atoms with Crippen LogP contribution < -0.4 is 0 Å². The SMILES string of the molecule is CN(C)CC(=O)N1CCC[C@]2(C[C@@H](OCc3ccccn3)CO2)C1.O=C(O)C(F)(F)F.O=C(O)C(F)(F)F. The molecular formula is C22H29F6N3O7. The van der Waals surface area contributed by atoms with Crippen molar-refractivity contribution in [1.82, 2.24) is 14.8 Å². The van der Waals surface area contributed by atoms with E-state index in [1.807, 2.05) is 42.1 Å². The number of carbonyl (C=O) groups excluding carboxylic acids is 1. The van der Waals surface area contributed by atoms with Gasteiger partial charge in [0.25, 0.3) is 0 Å². The van der Waals surface area contributed by atoms with Crippen LogP contribution in [0, 0.1) is 0 Å². The van der Waals surface area contributed by atoms with Crippen LogP contribution in [-0.4, -0.2) is 107 Å². The molecule has 0 unspecified atom stereocenters. The molecule has 0 saturated carbocycles. The molecule has 0 aliphatic carbocycles. The van der Waals surface area contributed by atoms with Gasteiger partial charge in [-0.3, -0.25) is 9.78 Å². The van der Waals surface area contributed by atoms with E-state index in [1.54, 1.807) is 6.20 Å². The van der Waals surface area contributed by atoms with E-state index in [9.17, 15) is 31.1 Å². The number of hydrogen-bond acceptors (Lipinski definition) is 7. The molecular weight excluding hydrogens is 532 g/mol. The third kappa shape index (κ3) is 12.0. The zero-order valence-electron chi connectivity index (χ0n) is 20.6. The van der Waals surface area contributed by atoms with Crippen molar-refractivity contribution in [2.45, 2.75) is 49.9 Å². The van der Waals surface area contributed by atoms with Gasteiger partial charge in [0, 0.05) is 25.7 Å². The van der Waals surface area contributed by atoms with Gasteiger partial charge in [-0.1, -0.05) is 6.07 Å². The Balaban J connectivity index is 0.000000426. The van der Waals surface area contributed by atoms with Gasteiger partial charge in [0.1, 0.15) is 0 Å². The second-order valence-electron chi connectivity index (χ2n) is 8.71. The number of carboxylic acids is 2. The minimum Gasteiger partial charge on any atom is -0.475 e. The number of alkyl halides is 6. The number of ether oxygens (including phenoxy) is 2. The molecule has 3 rings (SSSR count). The van der Waals surface area contributed by atoms with Crippen molar-refractivity contribution in [3.05, 3.63) is 30.1 Å². The number of hydrogen-bond donors (Lipinski definition) is 2. The molecule has 1 spiro atoms. The predicted octanol–water partition coefficient (Wildman–Crippen LogP) is 2.58. The standard InChI is InChI=1S/C18H27N3O3.2C2HF3O2/c1-20(2)11-17(22)21-9-5-7-18(14-21)10-16(13-24-18)23-12-15-6-3-4-8-19-15;2*3-2(4,5)1(6)7/h3-4,6,8,16H,5,7,9-14H2,1-2H3;2*(H,6,7)/t16-,18+;;/m1../s1. The van der Waals surface area contributed by atoms with Crippen molar-refractivity contribution in [3.8, 4) is 0 Å². The second kappa shape index (κ2) is 14.2. The number of halogens is 6. The Morgan fingerprint density at radius 1 is 1.13 bits per heavy atom. The van der Waals surface area contributed by atoms with Crippen LogP contribution >= 0.6 is 0 Å². The molecule has 1 aromatic heterocycles. The highest BCUT2D eigenvalue weighted by molar-refractivity contribution is 5.78. The van der Waals surface area contributed by atoms with Crippen LogP contribution in [0.5, 0.6) is 0 Å². The third-order valence-electron chi connectivity index (χ3n) is 5.20. The molecule has 3 heterocycles. The van der Waals surface area contributed by atoms with Gasteiger partial charge in [-0.25, -0.2) is 9.59 Å². The van der Waals surface area contributed by atoms with Crippen molar-refractivity contribution in [2.24, 2.45) is 0 Å². The quantitative estimate of drug-likeness (QED) is 0.521. The summed E-state index contributed by atoms with van der Waals surface area (Å²) in [6, 6.07) is 5.83. The minimum absolute atomic E-state index is 0.0795. The number of aromatic nitrogens is 1. The summed E-state index contributed by atoms with van der Waals surface area (Å²) in [5, 5.41) is 14.2. The normalized spacial score (nSPS) is 21.3. The van der Waals surface area contributed by atoms with Crippen molar-refractivity contribution < 1.29 is 60.4 Å². The monoisotopic (exact) mass is 561 g/mol. The van der Waals surface area contributed by atoms with E-state index in [4.69, 9.17) is 29.3 Å². The van der Waals surface area contributed by atoms with Crippen molar-refractivity contribution >= 4 is 17.8 Å². The number of likely N-dealkylation sites (N-methyl/N-ethyl adjacent to an activating group) is 1. The lowest BCUT2D eigenvalue weighted by atomic mass is 9.89. The Morgan fingerprint density at radius 3 is 2.18 bits per heavy atom.